The lowest BCUT2D eigenvalue weighted by Crippen LogP contribution is -2.37. The zero-order valence-electron chi connectivity index (χ0n) is 11.2. The number of rotatable bonds is 2. The molecule has 0 aliphatic carbocycles. The summed E-state index contributed by atoms with van der Waals surface area (Å²) in [4.78, 5) is 13.8. The van der Waals surface area contributed by atoms with Crippen molar-refractivity contribution in [3.63, 3.8) is 0 Å². The SMILES string of the molecule is CN(C(=O)c1cc(C#CCO)ccc1F)C1CCOC1. The molecule has 1 aliphatic rings. The first kappa shape index (κ1) is 14.5. The smallest absolute Gasteiger partial charge is 0.256 e. The molecule has 4 nitrogen and oxygen atoms in total. The van der Waals surface area contributed by atoms with E-state index in [1.165, 1.54) is 23.1 Å². The minimum Gasteiger partial charge on any atom is -0.384 e. The van der Waals surface area contributed by atoms with Crippen molar-refractivity contribution >= 4 is 5.91 Å². The molecular formula is C15H16FNO3. The molecule has 1 amide bonds. The molecule has 0 bridgehead atoms. The standard InChI is InChI=1S/C15H16FNO3/c1-17(12-6-8-20-10-12)15(19)13-9-11(3-2-7-18)4-5-14(13)16/h4-5,9,12,18H,6-8,10H2,1H3. The van der Waals surface area contributed by atoms with Crippen molar-refractivity contribution in [1.82, 2.24) is 4.90 Å². The number of aliphatic hydroxyl groups is 1. The van der Waals surface area contributed by atoms with Crippen LogP contribution in [0.5, 0.6) is 0 Å². The van der Waals surface area contributed by atoms with E-state index in [1.54, 1.807) is 7.05 Å². The van der Waals surface area contributed by atoms with E-state index in [0.29, 0.717) is 18.8 Å². The van der Waals surface area contributed by atoms with Gasteiger partial charge in [0.2, 0.25) is 0 Å². The van der Waals surface area contributed by atoms with Crippen LogP contribution in [0.4, 0.5) is 4.39 Å². The lowest BCUT2D eigenvalue weighted by Gasteiger charge is -2.23. The highest BCUT2D eigenvalue weighted by Crippen LogP contribution is 2.17. The van der Waals surface area contributed by atoms with Crippen molar-refractivity contribution in [3.05, 3.63) is 35.1 Å². The minimum atomic E-state index is -0.574. The molecule has 0 spiro atoms. The highest BCUT2D eigenvalue weighted by atomic mass is 19.1. The van der Waals surface area contributed by atoms with E-state index < -0.39 is 5.82 Å². The summed E-state index contributed by atoms with van der Waals surface area (Å²) in [6, 6.07) is 4.09. The monoisotopic (exact) mass is 277 g/mol. The molecular weight excluding hydrogens is 261 g/mol. The maximum Gasteiger partial charge on any atom is 0.256 e. The van der Waals surface area contributed by atoms with Crippen LogP contribution in [0.2, 0.25) is 0 Å². The van der Waals surface area contributed by atoms with Gasteiger partial charge < -0.3 is 14.7 Å². The molecule has 106 valence electrons. The normalized spacial score (nSPS) is 17.4. The zero-order valence-corrected chi connectivity index (χ0v) is 11.2. The third-order valence-corrected chi connectivity index (χ3v) is 3.28. The van der Waals surface area contributed by atoms with Crippen molar-refractivity contribution in [1.29, 1.82) is 0 Å². The second-order valence-corrected chi connectivity index (χ2v) is 4.59. The van der Waals surface area contributed by atoms with E-state index in [-0.39, 0.29) is 24.1 Å². The van der Waals surface area contributed by atoms with Crippen LogP contribution in [0.25, 0.3) is 0 Å². The first-order valence-corrected chi connectivity index (χ1v) is 6.37. The Morgan fingerprint density at radius 3 is 3.05 bits per heavy atom. The lowest BCUT2D eigenvalue weighted by molar-refractivity contribution is 0.0706. The van der Waals surface area contributed by atoms with Gasteiger partial charge in [0.25, 0.3) is 5.91 Å². The number of benzene rings is 1. The molecule has 0 saturated carbocycles. The van der Waals surface area contributed by atoms with Crippen molar-refractivity contribution in [3.8, 4) is 11.8 Å². The number of halogens is 1. The molecule has 0 radical (unpaired) electrons. The zero-order chi connectivity index (χ0) is 14.5. The van der Waals surface area contributed by atoms with Crippen LogP contribution >= 0.6 is 0 Å². The Bertz CT molecular complexity index is 556. The van der Waals surface area contributed by atoms with Gasteiger partial charge in [-0.15, -0.1) is 0 Å². The summed E-state index contributed by atoms with van der Waals surface area (Å²) in [7, 11) is 1.65. The first-order chi connectivity index (χ1) is 9.63. The summed E-state index contributed by atoms with van der Waals surface area (Å²) < 4.78 is 19.0. The number of carbonyl (C=O) groups excluding carboxylic acids is 1. The van der Waals surface area contributed by atoms with E-state index >= 15 is 0 Å². The van der Waals surface area contributed by atoms with Gasteiger partial charge in [-0.2, -0.15) is 0 Å². The number of likely N-dealkylation sites (N-methyl/N-ethyl adjacent to an activating group) is 1. The van der Waals surface area contributed by atoms with Crippen LogP contribution in [0.15, 0.2) is 18.2 Å². The Hall–Kier alpha value is -1.90. The maximum absolute atomic E-state index is 13.8. The van der Waals surface area contributed by atoms with Gasteiger partial charge >= 0.3 is 0 Å². The topological polar surface area (TPSA) is 49.8 Å². The Morgan fingerprint density at radius 2 is 2.40 bits per heavy atom. The van der Waals surface area contributed by atoms with E-state index in [2.05, 4.69) is 11.8 Å². The Balaban J connectivity index is 2.23. The molecule has 1 fully saturated rings. The summed E-state index contributed by atoms with van der Waals surface area (Å²) >= 11 is 0. The van der Waals surface area contributed by atoms with Crippen LogP contribution in [-0.2, 0) is 4.74 Å². The Morgan fingerprint density at radius 1 is 1.60 bits per heavy atom. The van der Waals surface area contributed by atoms with Crippen LogP contribution < -0.4 is 0 Å². The van der Waals surface area contributed by atoms with E-state index in [0.717, 1.165) is 6.42 Å². The largest absolute Gasteiger partial charge is 0.384 e. The van der Waals surface area contributed by atoms with Crippen molar-refractivity contribution < 1.29 is 19.0 Å². The summed E-state index contributed by atoms with van der Waals surface area (Å²) in [5, 5.41) is 8.66. The van der Waals surface area contributed by atoms with Crippen molar-refractivity contribution in [2.75, 3.05) is 26.9 Å². The highest BCUT2D eigenvalue weighted by molar-refractivity contribution is 5.95. The Kier molecular flexibility index (Phi) is 4.72. The second kappa shape index (κ2) is 6.51. The van der Waals surface area contributed by atoms with Crippen LogP contribution in [0.1, 0.15) is 22.3 Å². The van der Waals surface area contributed by atoms with Gasteiger partial charge in [0.15, 0.2) is 0 Å². The molecule has 1 N–H and O–H groups in total. The van der Waals surface area contributed by atoms with E-state index in [1.807, 2.05) is 0 Å². The average Bonchev–Trinajstić information content (AvgIpc) is 2.99. The molecule has 1 unspecified atom stereocenters. The predicted molar refractivity (Wildman–Crippen MR) is 71.7 cm³/mol. The number of aliphatic hydroxyl groups excluding tert-OH is 1. The summed E-state index contributed by atoms with van der Waals surface area (Å²) in [5.41, 5.74) is 0.490. The van der Waals surface area contributed by atoms with Crippen molar-refractivity contribution in [2.45, 2.75) is 12.5 Å². The quantitative estimate of drug-likeness (QED) is 0.821. The van der Waals surface area contributed by atoms with Gasteiger partial charge in [-0.1, -0.05) is 11.8 Å². The molecule has 20 heavy (non-hydrogen) atoms. The molecule has 1 aromatic carbocycles. The Labute approximate surface area is 117 Å². The third-order valence-electron chi connectivity index (χ3n) is 3.28. The predicted octanol–water partition coefficient (Wildman–Crippen LogP) is 1.03. The summed E-state index contributed by atoms with van der Waals surface area (Å²) in [5.74, 6) is 4.18. The molecule has 5 heteroatoms. The number of hydrogen-bond donors (Lipinski definition) is 1. The third kappa shape index (κ3) is 3.16. The van der Waals surface area contributed by atoms with Gasteiger partial charge in [0.1, 0.15) is 12.4 Å². The number of ether oxygens (including phenoxy) is 1. The molecule has 1 saturated heterocycles. The fourth-order valence-corrected chi connectivity index (χ4v) is 2.09. The van der Waals surface area contributed by atoms with Gasteiger partial charge in [-0.3, -0.25) is 4.79 Å². The molecule has 1 heterocycles. The first-order valence-electron chi connectivity index (χ1n) is 6.37. The number of carbonyl (C=O) groups is 1. The molecule has 0 aromatic heterocycles. The maximum atomic E-state index is 13.8. The fraction of sp³-hybridized carbons (Fsp3) is 0.400. The molecule has 1 atom stereocenters. The van der Waals surface area contributed by atoms with Gasteiger partial charge in [-0.05, 0) is 24.6 Å². The molecule has 2 rings (SSSR count). The van der Waals surface area contributed by atoms with Gasteiger partial charge in [0, 0.05) is 19.2 Å². The minimum absolute atomic E-state index is 0.0101. The summed E-state index contributed by atoms with van der Waals surface area (Å²) in [6.45, 7) is 0.820. The average molecular weight is 277 g/mol. The van der Waals surface area contributed by atoms with Gasteiger partial charge in [0.05, 0.1) is 18.2 Å². The number of nitrogens with zero attached hydrogens (tertiary/aromatic N) is 1. The van der Waals surface area contributed by atoms with Crippen LogP contribution in [-0.4, -0.2) is 48.8 Å². The number of hydrogen-bond acceptors (Lipinski definition) is 3. The van der Waals surface area contributed by atoms with Gasteiger partial charge in [-0.25, -0.2) is 4.39 Å². The fourth-order valence-electron chi connectivity index (χ4n) is 2.09. The number of amides is 1. The second-order valence-electron chi connectivity index (χ2n) is 4.59. The van der Waals surface area contributed by atoms with E-state index in [9.17, 15) is 9.18 Å². The van der Waals surface area contributed by atoms with Crippen molar-refractivity contribution in [2.24, 2.45) is 0 Å². The van der Waals surface area contributed by atoms with Crippen LogP contribution in [0.3, 0.4) is 0 Å². The lowest BCUT2D eigenvalue weighted by atomic mass is 10.1. The van der Waals surface area contributed by atoms with E-state index in [4.69, 9.17) is 9.84 Å². The summed E-state index contributed by atoms with van der Waals surface area (Å²) in [6.07, 6.45) is 0.758. The molecule has 1 aromatic rings. The van der Waals surface area contributed by atoms with Crippen LogP contribution in [0, 0.1) is 17.7 Å². The molecule has 1 aliphatic heterocycles. The highest BCUT2D eigenvalue weighted by Gasteiger charge is 2.26.